The minimum atomic E-state index is -3.68. The molecular weight excluding hydrogens is 394 g/mol. The van der Waals surface area contributed by atoms with Gasteiger partial charge in [-0.25, -0.2) is 8.42 Å². The molecule has 0 heterocycles. The second kappa shape index (κ2) is 9.42. The molecule has 9 heteroatoms. The summed E-state index contributed by atoms with van der Waals surface area (Å²) >= 11 is 0. The van der Waals surface area contributed by atoms with Crippen LogP contribution in [-0.2, 0) is 19.6 Å². The molecule has 2 aromatic rings. The molecule has 0 unspecified atom stereocenters. The van der Waals surface area contributed by atoms with Crippen molar-refractivity contribution < 1.29 is 22.7 Å². The van der Waals surface area contributed by atoms with Crippen LogP contribution in [-0.4, -0.2) is 33.9 Å². The van der Waals surface area contributed by atoms with Crippen molar-refractivity contribution in [3.8, 4) is 5.75 Å². The van der Waals surface area contributed by atoms with Gasteiger partial charge >= 0.3 is 0 Å². The van der Waals surface area contributed by atoms with Gasteiger partial charge in [0.25, 0.3) is 15.9 Å². The number of carbonyl (C=O) groups is 2. The number of hydrazine groups is 1. The standard InChI is InChI=1S/C20H25N3O5S/c1-14(2)20(25)22-21-19(24)13-28-17-9-7-16(8-10-17)23(4)29(26,27)18-11-5-15(3)6-12-18/h5-12,14H,13H2,1-4H3,(H,21,24)(H,22,25). The molecule has 0 aliphatic heterocycles. The van der Waals surface area contributed by atoms with E-state index in [9.17, 15) is 18.0 Å². The third-order valence-corrected chi connectivity index (χ3v) is 5.90. The number of rotatable bonds is 7. The second-order valence-electron chi connectivity index (χ2n) is 6.76. The zero-order valence-corrected chi connectivity index (χ0v) is 17.6. The van der Waals surface area contributed by atoms with Crippen molar-refractivity contribution >= 4 is 27.5 Å². The van der Waals surface area contributed by atoms with E-state index in [4.69, 9.17) is 4.74 Å². The van der Waals surface area contributed by atoms with Crippen LogP contribution in [0.25, 0.3) is 0 Å². The van der Waals surface area contributed by atoms with E-state index in [-0.39, 0.29) is 23.3 Å². The van der Waals surface area contributed by atoms with E-state index in [1.54, 1.807) is 62.4 Å². The zero-order valence-electron chi connectivity index (χ0n) is 16.8. The van der Waals surface area contributed by atoms with Gasteiger partial charge in [-0.2, -0.15) is 0 Å². The van der Waals surface area contributed by atoms with Crippen molar-refractivity contribution in [3.63, 3.8) is 0 Å². The first-order valence-electron chi connectivity index (χ1n) is 8.98. The highest BCUT2D eigenvalue weighted by atomic mass is 32.2. The lowest BCUT2D eigenvalue weighted by Crippen LogP contribution is -2.45. The Morgan fingerprint density at radius 2 is 1.59 bits per heavy atom. The van der Waals surface area contributed by atoms with Gasteiger partial charge in [0.05, 0.1) is 10.6 Å². The predicted octanol–water partition coefficient (Wildman–Crippen LogP) is 2.00. The van der Waals surface area contributed by atoms with E-state index in [0.29, 0.717) is 11.4 Å². The fourth-order valence-electron chi connectivity index (χ4n) is 2.22. The quantitative estimate of drug-likeness (QED) is 0.668. The van der Waals surface area contributed by atoms with Crippen molar-refractivity contribution in [2.45, 2.75) is 25.7 Å². The molecule has 2 amide bonds. The van der Waals surface area contributed by atoms with Gasteiger partial charge in [-0.05, 0) is 43.3 Å². The van der Waals surface area contributed by atoms with Crippen molar-refractivity contribution in [1.82, 2.24) is 10.9 Å². The number of carbonyl (C=O) groups excluding carboxylic acids is 2. The first-order chi connectivity index (χ1) is 13.6. The number of anilines is 1. The third-order valence-electron chi connectivity index (χ3n) is 4.10. The van der Waals surface area contributed by atoms with Crippen LogP contribution in [0.3, 0.4) is 0 Å². The highest BCUT2D eigenvalue weighted by Gasteiger charge is 2.21. The Kier molecular flexibility index (Phi) is 7.22. The van der Waals surface area contributed by atoms with Crippen LogP contribution in [0.1, 0.15) is 19.4 Å². The topological polar surface area (TPSA) is 105 Å². The SMILES string of the molecule is Cc1ccc(S(=O)(=O)N(C)c2ccc(OCC(=O)NNC(=O)C(C)C)cc2)cc1. The van der Waals surface area contributed by atoms with Gasteiger partial charge in [-0.15, -0.1) is 0 Å². The fourth-order valence-corrected chi connectivity index (χ4v) is 3.42. The second-order valence-corrected chi connectivity index (χ2v) is 8.73. The molecule has 0 fully saturated rings. The molecule has 2 aromatic carbocycles. The van der Waals surface area contributed by atoms with Crippen molar-refractivity contribution in [2.75, 3.05) is 18.0 Å². The number of sulfonamides is 1. The number of aryl methyl sites for hydroxylation is 1. The van der Waals surface area contributed by atoms with Crippen molar-refractivity contribution in [2.24, 2.45) is 5.92 Å². The Balaban J connectivity index is 1.96. The Morgan fingerprint density at radius 1 is 1.00 bits per heavy atom. The maximum Gasteiger partial charge on any atom is 0.276 e. The van der Waals surface area contributed by atoms with E-state index < -0.39 is 15.9 Å². The highest BCUT2D eigenvalue weighted by molar-refractivity contribution is 7.92. The number of nitrogens with one attached hydrogen (secondary N) is 2. The Morgan fingerprint density at radius 3 is 2.14 bits per heavy atom. The minimum absolute atomic E-state index is 0.200. The van der Waals surface area contributed by atoms with Crippen LogP contribution in [0.2, 0.25) is 0 Å². The molecule has 0 radical (unpaired) electrons. The number of ether oxygens (including phenoxy) is 1. The summed E-state index contributed by atoms with van der Waals surface area (Å²) in [5.74, 6) is -0.681. The number of hydrogen-bond acceptors (Lipinski definition) is 5. The number of amides is 2. The van der Waals surface area contributed by atoms with E-state index in [1.807, 2.05) is 6.92 Å². The largest absolute Gasteiger partial charge is 0.484 e. The van der Waals surface area contributed by atoms with Gasteiger partial charge in [0.1, 0.15) is 5.75 Å². The molecule has 0 atom stereocenters. The van der Waals surface area contributed by atoms with Crippen molar-refractivity contribution in [3.05, 3.63) is 54.1 Å². The molecule has 0 aliphatic carbocycles. The van der Waals surface area contributed by atoms with E-state index in [1.165, 1.54) is 11.4 Å². The Hall–Kier alpha value is -3.07. The molecule has 0 saturated heterocycles. The molecule has 2 N–H and O–H groups in total. The Labute approximate surface area is 170 Å². The van der Waals surface area contributed by atoms with E-state index in [0.717, 1.165) is 5.56 Å². The van der Waals surface area contributed by atoms with E-state index in [2.05, 4.69) is 10.9 Å². The Bertz CT molecular complexity index is 955. The summed E-state index contributed by atoms with van der Waals surface area (Å²) in [5.41, 5.74) is 5.96. The van der Waals surface area contributed by atoms with Gasteiger partial charge in [-0.3, -0.25) is 24.7 Å². The number of hydrogen-bond donors (Lipinski definition) is 2. The van der Waals surface area contributed by atoms with Crippen LogP contribution in [0.15, 0.2) is 53.4 Å². The van der Waals surface area contributed by atoms with Crippen LogP contribution in [0.4, 0.5) is 5.69 Å². The van der Waals surface area contributed by atoms with Gasteiger partial charge in [-0.1, -0.05) is 31.5 Å². The lowest BCUT2D eigenvalue weighted by Gasteiger charge is -2.20. The van der Waals surface area contributed by atoms with Gasteiger partial charge in [0, 0.05) is 13.0 Å². The molecular formula is C20H25N3O5S. The summed E-state index contributed by atoms with van der Waals surface area (Å²) in [6.45, 7) is 5.00. The lowest BCUT2D eigenvalue weighted by molar-refractivity contribution is -0.131. The summed E-state index contributed by atoms with van der Waals surface area (Å²) < 4.78 is 32.0. The van der Waals surface area contributed by atoms with Crippen LogP contribution in [0, 0.1) is 12.8 Å². The molecule has 0 aromatic heterocycles. The summed E-state index contributed by atoms with van der Waals surface area (Å²) in [5, 5.41) is 0. The average molecular weight is 420 g/mol. The monoisotopic (exact) mass is 419 g/mol. The smallest absolute Gasteiger partial charge is 0.276 e. The summed E-state index contributed by atoms with van der Waals surface area (Å²) in [4.78, 5) is 23.3. The van der Waals surface area contributed by atoms with Crippen molar-refractivity contribution in [1.29, 1.82) is 0 Å². The summed E-state index contributed by atoms with van der Waals surface area (Å²) in [6.07, 6.45) is 0. The average Bonchev–Trinajstić information content (AvgIpc) is 2.70. The number of benzene rings is 2. The molecule has 0 aliphatic rings. The summed E-state index contributed by atoms with van der Waals surface area (Å²) in [6, 6.07) is 12.9. The van der Waals surface area contributed by atoms with Gasteiger partial charge in [0.15, 0.2) is 6.61 Å². The van der Waals surface area contributed by atoms with Crippen LogP contribution in [0.5, 0.6) is 5.75 Å². The van der Waals surface area contributed by atoms with E-state index >= 15 is 0 Å². The maximum absolute atomic E-state index is 12.7. The molecule has 0 bridgehead atoms. The first kappa shape index (κ1) is 22.2. The summed E-state index contributed by atoms with van der Waals surface area (Å²) in [7, 11) is -2.21. The molecule has 0 spiro atoms. The molecule has 2 rings (SSSR count). The van der Waals surface area contributed by atoms with Gasteiger partial charge < -0.3 is 4.74 Å². The zero-order chi connectivity index (χ0) is 21.6. The third kappa shape index (κ3) is 5.95. The first-order valence-corrected chi connectivity index (χ1v) is 10.4. The predicted molar refractivity (Wildman–Crippen MR) is 110 cm³/mol. The number of nitrogens with zero attached hydrogens (tertiary/aromatic N) is 1. The lowest BCUT2D eigenvalue weighted by atomic mass is 10.2. The molecule has 0 saturated carbocycles. The van der Waals surface area contributed by atoms with Gasteiger partial charge in [0.2, 0.25) is 5.91 Å². The van der Waals surface area contributed by atoms with Crippen LogP contribution < -0.4 is 19.9 Å². The minimum Gasteiger partial charge on any atom is -0.484 e. The fraction of sp³-hybridized carbons (Fsp3) is 0.300. The molecule has 156 valence electrons. The normalized spacial score (nSPS) is 11.1. The maximum atomic E-state index is 12.7. The van der Waals surface area contributed by atoms with Crippen LogP contribution >= 0.6 is 0 Å². The molecule has 29 heavy (non-hydrogen) atoms. The highest BCUT2D eigenvalue weighted by Crippen LogP contribution is 2.24. The molecule has 8 nitrogen and oxygen atoms in total.